The summed E-state index contributed by atoms with van der Waals surface area (Å²) in [5.41, 5.74) is 0. The van der Waals surface area contributed by atoms with E-state index in [0.29, 0.717) is 0 Å². The number of rotatable bonds is 2. The van der Waals surface area contributed by atoms with Crippen molar-refractivity contribution in [1.29, 1.82) is 0 Å². The molecule has 0 nitrogen and oxygen atoms in total. The van der Waals surface area contributed by atoms with Crippen LogP contribution < -0.4 is 0 Å². The van der Waals surface area contributed by atoms with Crippen LogP contribution in [-0.4, -0.2) is 5.75 Å². The zero-order valence-corrected chi connectivity index (χ0v) is 8.28. The largest absolute Gasteiger partial charge is 0.287 e. The summed E-state index contributed by atoms with van der Waals surface area (Å²) in [5.74, 6) is 1.16. The molecule has 0 heterocycles. The van der Waals surface area contributed by atoms with Gasteiger partial charge in [0, 0.05) is 32.7 Å². The van der Waals surface area contributed by atoms with E-state index in [1.54, 1.807) is 21.6 Å². The minimum Gasteiger partial charge on any atom is -0.287 e. The maximum Gasteiger partial charge on any atom is 0 e. The van der Waals surface area contributed by atoms with Gasteiger partial charge in [0.05, 0.1) is 0 Å². The number of hydrogen-bond acceptors (Lipinski definition) is 2. The molecule has 0 saturated carbocycles. The van der Waals surface area contributed by atoms with Crippen LogP contribution in [0.15, 0.2) is 0 Å². The van der Waals surface area contributed by atoms with E-state index in [0.717, 1.165) is 5.75 Å². The van der Waals surface area contributed by atoms with Gasteiger partial charge in [-0.2, -0.15) is 0 Å². The molecule has 0 N–H and O–H groups in total. The first kappa shape index (κ1) is 10.7. The predicted molar refractivity (Wildman–Crippen MR) is 31.1 cm³/mol. The van der Waals surface area contributed by atoms with Crippen molar-refractivity contribution in [3.63, 3.8) is 0 Å². The van der Waals surface area contributed by atoms with Crippen LogP contribution in [0, 0.1) is 6.26 Å². The van der Waals surface area contributed by atoms with Crippen molar-refractivity contribution >= 4 is 21.6 Å². The molecule has 0 aliphatic heterocycles. The van der Waals surface area contributed by atoms with Crippen molar-refractivity contribution in [3.8, 4) is 0 Å². The zero-order valence-electron chi connectivity index (χ0n) is 3.81. The van der Waals surface area contributed by atoms with E-state index in [9.17, 15) is 0 Å². The fourth-order valence-electron chi connectivity index (χ4n) is 0.0833. The predicted octanol–water partition coefficient (Wildman–Crippen LogP) is 2.18. The van der Waals surface area contributed by atoms with Crippen molar-refractivity contribution in [1.82, 2.24) is 0 Å². The summed E-state index contributed by atoms with van der Waals surface area (Å²) >= 11 is 0. The Labute approximate surface area is 72.5 Å². The molecule has 1 radical (unpaired) electrons. The Morgan fingerprint density at radius 1 is 1.67 bits per heavy atom. The third-order valence-electron chi connectivity index (χ3n) is 0.201. The zero-order chi connectivity index (χ0) is 4.12. The maximum atomic E-state index is 3.56. The molecule has 0 aliphatic carbocycles. The van der Waals surface area contributed by atoms with Crippen LogP contribution in [0.4, 0.5) is 0 Å². The summed E-state index contributed by atoms with van der Waals surface area (Å²) in [6.07, 6.45) is 3.56. The minimum atomic E-state index is 0. The van der Waals surface area contributed by atoms with Crippen molar-refractivity contribution in [2.75, 3.05) is 5.75 Å². The maximum absolute atomic E-state index is 3.56. The molecule has 0 unspecified atom stereocenters. The molecule has 0 atom stereocenters. The summed E-state index contributed by atoms with van der Waals surface area (Å²) in [4.78, 5) is 0. The van der Waals surface area contributed by atoms with E-state index in [4.69, 9.17) is 0 Å². The second kappa shape index (κ2) is 9.93. The van der Waals surface area contributed by atoms with E-state index in [-0.39, 0.29) is 32.7 Å². The van der Waals surface area contributed by atoms with Crippen LogP contribution in [-0.2, 0) is 32.7 Å². The van der Waals surface area contributed by atoms with Crippen molar-refractivity contribution in [3.05, 3.63) is 6.26 Å². The van der Waals surface area contributed by atoms with Crippen LogP contribution in [0.2, 0.25) is 0 Å². The van der Waals surface area contributed by atoms with Gasteiger partial charge in [0.25, 0.3) is 0 Å². The van der Waals surface area contributed by atoms with Crippen molar-refractivity contribution in [2.24, 2.45) is 0 Å². The third-order valence-corrected chi connectivity index (χ3v) is 1.81. The standard InChI is InChI=1S/C3H7S2.Y/c1-3-5-4-2;/h2-3H2,1H3;/q-1;. The summed E-state index contributed by atoms with van der Waals surface area (Å²) < 4.78 is 0. The Bertz CT molecular complexity index is 16.3. The Morgan fingerprint density at radius 2 is 2.17 bits per heavy atom. The molecule has 0 saturated heterocycles. The molecule has 35 valence electrons. The monoisotopic (exact) mass is 196 g/mol. The quantitative estimate of drug-likeness (QED) is 0.490. The van der Waals surface area contributed by atoms with Crippen LogP contribution in [0.25, 0.3) is 0 Å². The molecule has 0 aromatic carbocycles. The Morgan fingerprint density at radius 3 is 2.17 bits per heavy atom. The van der Waals surface area contributed by atoms with Crippen molar-refractivity contribution in [2.45, 2.75) is 6.92 Å². The molecule has 0 rings (SSSR count). The van der Waals surface area contributed by atoms with Gasteiger partial charge in [-0.1, -0.05) is 6.92 Å². The molecule has 6 heavy (non-hydrogen) atoms. The molecule has 0 aromatic rings. The molecule has 0 aromatic heterocycles. The third kappa shape index (κ3) is 9.26. The van der Waals surface area contributed by atoms with Gasteiger partial charge in [0.2, 0.25) is 0 Å². The summed E-state index contributed by atoms with van der Waals surface area (Å²) in [7, 11) is 3.34. The molecule has 0 fully saturated rings. The van der Waals surface area contributed by atoms with Gasteiger partial charge in [-0.15, -0.1) is 10.8 Å². The first-order valence-corrected chi connectivity index (χ1v) is 3.94. The van der Waals surface area contributed by atoms with E-state index >= 15 is 0 Å². The van der Waals surface area contributed by atoms with Crippen molar-refractivity contribution < 1.29 is 32.7 Å². The van der Waals surface area contributed by atoms with Gasteiger partial charge in [-0.05, 0) is 5.75 Å². The molecular weight excluding hydrogens is 189 g/mol. The average Bonchev–Trinajstić information content (AvgIpc) is 1.41. The minimum absolute atomic E-state index is 0. The van der Waals surface area contributed by atoms with Crippen LogP contribution in [0.1, 0.15) is 6.92 Å². The Hall–Kier alpha value is 1.80. The van der Waals surface area contributed by atoms with E-state index in [2.05, 4.69) is 13.2 Å². The van der Waals surface area contributed by atoms with Crippen LogP contribution >= 0.6 is 21.6 Å². The van der Waals surface area contributed by atoms with Gasteiger partial charge in [0.15, 0.2) is 0 Å². The Kier molecular flexibility index (Phi) is 17.8. The van der Waals surface area contributed by atoms with E-state index in [1.165, 1.54) is 0 Å². The molecule has 0 aliphatic rings. The molecule has 3 heteroatoms. The first-order valence-electron chi connectivity index (χ1n) is 1.45. The van der Waals surface area contributed by atoms with E-state index in [1.807, 2.05) is 0 Å². The Balaban J connectivity index is 0. The van der Waals surface area contributed by atoms with Gasteiger partial charge in [-0.25, -0.2) is 0 Å². The van der Waals surface area contributed by atoms with Gasteiger partial charge >= 0.3 is 0 Å². The van der Waals surface area contributed by atoms with Crippen LogP contribution in [0.3, 0.4) is 0 Å². The molecule has 0 amide bonds. The number of hydrogen-bond donors (Lipinski definition) is 0. The van der Waals surface area contributed by atoms with Gasteiger partial charge in [0.1, 0.15) is 0 Å². The topological polar surface area (TPSA) is 0 Å². The molecular formula is C3H7S2Y-. The van der Waals surface area contributed by atoms with Crippen LogP contribution in [0.5, 0.6) is 0 Å². The first-order chi connectivity index (χ1) is 2.41. The SMILES string of the molecule is [CH2-]SSCC.[Y]. The fraction of sp³-hybridized carbons (Fsp3) is 0.667. The summed E-state index contributed by atoms with van der Waals surface area (Å²) in [5, 5.41) is 0. The second-order valence-corrected chi connectivity index (χ2v) is 2.99. The van der Waals surface area contributed by atoms with Gasteiger partial charge < -0.3 is 0 Å². The fourth-order valence-corrected chi connectivity index (χ4v) is 0.750. The van der Waals surface area contributed by atoms with E-state index < -0.39 is 0 Å². The molecule has 0 bridgehead atoms. The van der Waals surface area contributed by atoms with Gasteiger partial charge in [-0.3, -0.25) is 17.0 Å². The smallest absolute Gasteiger partial charge is 0 e. The summed E-state index contributed by atoms with van der Waals surface area (Å²) in [6.45, 7) is 2.11. The average molecular weight is 196 g/mol. The molecule has 0 spiro atoms. The summed E-state index contributed by atoms with van der Waals surface area (Å²) in [6, 6.07) is 0. The normalized spacial score (nSPS) is 7.00. The second-order valence-electron chi connectivity index (χ2n) is 0.524.